The zero-order valence-electron chi connectivity index (χ0n) is 12.0. The Hall–Kier alpha value is -2.30. The van der Waals surface area contributed by atoms with Gasteiger partial charge in [-0.15, -0.1) is 0 Å². The van der Waals surface area contributed by atoms with E-state index in [0.29, 0.717) is 23.5 Å². The normalized spacial score (nSPS) is 10.5. The van der Waals surface area contributed by atoms with Crippen molar-refractivity contribution in [2.24, 2.45) is 0 Å². The minimum absolute atomic E-state index is 0.127. The number of anilines is 3. The van der Waals surface area contributed by atoms with Crippen molar-refractivity contribution in [3.05, 3.63) is 47.5 Å². The highest BCUT2D eigenvalue weighted by Gasteiger charge is 2.11. The summed E-state index contributed by atoms with van der Waals surface area (Å²) < 4.78 is 32.6. The first kappa shape index (κ1) is 15.1. The highest BCUT2D eigenvalue weighted by Crippen LogP contribution is 2.32. The van der Waals surface area contributed by atoms with Crippen LogP contribution in [0.15, 0.2) is 30.3 Å². The molecule has 0 fully saturated rings. The average molecular weight is 292 g/mol. The smallest absolute Gasteiger partial charge is 0.167 e. The predicted molar refractivity (Wildman–Crippen MR) is 81.0 cm³/mol. The maximum absolute atomic E-state index is 13.7. The van der Waals surface area contributed by atoms with E-state index >= 15 is 0 Å². The summed E-state index contributed by atoms with van der Waals surface area (Å²) in [5.41, 5.74) is 7.57. The molecule has 0 saturated heterocycles. The average Bonchev–Trinajstić information content (AvgIpc) is 2.45. The zero-order chi connectivity index (χ0) is 15.4. The summed E-state index contributed by atoms with van der Waals surface area (Å²) >= 11 is 0. The van der Waals surface area contributed by atoms with Crippen molar-refractivity contribution in [2.75, 3.05) is 17.7 Å². The predicted octanol–water partition coefficient (Wildman–Crippen LogP) is 4.39. The number of benzene rings is 2. The van der Waals surface area contributed by atoms with Crippen LogP contribution in [0.5, 0.6) is 5.75 Å². The molecule has 21 heavy (non-hydrogen) atoms. The number of nitrogens with two attached hydrogens (primary N) is 1. The molecule has 0 bridgehead atoms. The molecule has 2 rings (SSSR count). The third kappa shape index (κ3) is 3.42. The SMILES string of the molecule is CCCOc1cc(Nc2cccc(F)c2C)c(N)cc1F. The molecule has 0 aliphatic heterocycles. The Kier molecular flexibility index (Phi) is 4.62. The van der Waals surface area contributed by atoms with E-state index < -0.39 is 5.82 Å². The van der Waals surface area contributed by atoms with Crippen LogP contribution >= 0.6 is 0 Å². The molecule has 0 aromatic heterocycles. The van der Waals surface area contributed by atoms with E-state index in [1.165, 1.54) is 18.2 Å². The number of nitrogen functional groups attached to an aromatic ring is 1. The number of rotatable bonds is 5. The molecule has 2 aromatic rings. The molecule has 0 atom stereocenters. The Bertz CT molecular complexity index is 644. The number of ether oxygens (including phenoxy) is 1. The van der Waals surface area contributed by atoms with Crippen molar-refractivity contribution in [3.63, 3.8) is 0 Å². The molecule has 3 nitrogen and oxygen atoms in total. The van der Waals surface area contributed by atoms with E-state index in [0.717, 1.165) is 6.42 Å². The fourth-order valence-electron chi connectivity index (χ4n) is 1.89. The Morgan fingerprint density at radius 3 is 2.62 bits per heavy atom. The second kappa shape index (κ2) is 6.43. The van der Waals surface area contributed by atoms with Gasteiger partial charge in [0.15, 0.2) is 11.6 Å². The number of hydrogen-bond acceptors (Lipinski definition) is 3. The standard InChI is InChI=1S/C16H18F2N2O/c1-3-7-21-16-9-15(13(19)8-12(16)18)20-14-6-4-5-11(17)10(14)2/h4-6,8-9,20H,3,7,19H2,1-2H3. The third-order valence-corrected chi connectivity index (χ3v) is 3.10. The van der Waals surface area contributed by atoms with E-state index in [-0.39, 0.29) is 17.3 Å². The van der Waals surface area contributed by atoms with Crippen LogP contribution in [0.25, 0.3) is 0 Å². The summed E-state index contributed by atoms with van der Waals surface area (Å²) in [6, 6.07) is 7.39. The quantitative estimate of drug-likeness (QED) is 0.804. The van der Waals surface area contributed by atoms with Crippen molar-refractivity contribution in [2.45, 2.75) is 20.3 Å². The molecule has 112 valence electrons. The van der Waals surface area contributed by atoms with Crippen LogP contribution in [0.3, 0.4) is 0 Å². The first-order valence-electron chi connectivity index (χ1n) is 6.77. The van der Waals surface area contributed by atoms with Crippen molar-refractivity contribution >= 4 is 17.1 Å². The summed E-state index contributed by atoms with van der Waals surface area (Å²) in [5, 5.41) is 3.01. The molecule has 3 N–H and O–H groups in total. The van der Waals surface area contributed by atoms with Gasteiger partial charge in [-0.25, -0.2) is 8.78 Å². The monoisotopic (exact) mass is 292 g/mol. The molecular weight excluding hydrogens is 274 g/mol. The van der Waals surface area contributed by atoms with E-state index in [9.17, 15) is 8.78 Å². The molecule has 0 spiro atoms. The maximum atomic E-state index is 13.7. The largest absolute Gasteiger partial charge is 0.490 e. The van der Waals surface area contributed by atoms with Crippen molar-refractivity contribution in [1.82, 2.24) is 0 Å². The van der Waals surface area contributed by atoms with Crippen molar-refractivity contribution < 1.29 is 13.5 Å². The zero-order valence-corrected chi connectivity index (χ0v) is 12.0. The molecule has 0 heterocycles. The fraction of sp³-hybridized carbons (Fsp3) is 0.250. The molecule has 0 aliphatic rings. The number of hydrogen-bond donors (Lipinski definition) is 2. The van der Waals surface area contributed by atoms with E-state index in [1.807, 2.05) is 6.92 Å². The van der Waals surface area contributed by atoms with Gasteiger partial charge >= 0.3 is 0 Å². The van der Waals surface area contributed by atoms with Crippen LogP contribution < -0.4 is 15.8 Å². The highest BCUT2D eigenvalue weighted by molar-refractivity contribution is 5.75. The van der Waals surface area contributed by atoms with Crippen LogP contribution in [0.2, 0.25) is 0 Å². The topological polar surface area (TPSA) is 47.3 Å². The first-order valence-corrected chi connectivity index (χ1v) is 6.77. The van der Waals surface area contributed by atoms with Crippen molar-refractivity contribution in [3.8, 4) is 5.75 Å². The van der Waals surface area contributed by atoms with Gasteiger partial charge in [-0.2, -0.15) is 0 Å². The summed E-state index contributed by atoms with van der Waals surface area (Å²) in [6.45, 7) is 4.01. The van der Waals surface area contributed by atoms with E-state index in [2.05, 4.69) is 5.32 Å². The lowest BCUT2D eigenvalue weighted by molar-refractivity contribution is 0.301. The molecule has 5 heteroatoms. The fourth-order valence-corrected chi connectivity index (χ4v) is 1.89. The van der Waals surface area contributed by atoms with Gasteiger partial charge < -0.3 is 15.8 Å². The van der Waals surface area contributed by atoms with Crippen LogP contribution in [-0.2, 0) is 0 Å². The molecular formula is C16H18F2N2O. The highest BCUT2D eigenvalue weighted by atomic mass is 19.1. The van der Waals surface area contributed by atoms with Gasteiger partial charge in [0.2, 0.25) is 0 Å². The lowest BCUT2D eigenvalue weighted by Gasteiger charge is -2.14. The second-order valence-electron chi connectivity index (χ2n) is 4.76. The van der Waals surface area contributed by atoms with Crippen LogP contribution in [0.1, 0.15) is 18.9 Å². The maximum Gasteiger partial charge on any atom is 0.167 e. The Morgan fingerprint density at radius 2 is 1.90 bits per heavy atom. The lowest BCUT2D eigenvalue weighted by Crippen LogP contribution is -2.03. The minimum atomic E-state index is -0.512. The van der Waals surface area contributed by atoms with E-state index in [4.69, 9.17) is 10.5 Å². The van der Waals surface area contributed by atoms with Gasteiger partial charge in [0.05, 0.1) is 18.0 Å². The minimum Gasteiger partial charge on any atom is -0.490 e. The van der Waals surface area contributed by atoms with Gasteiger partial charge in [-0.05, 0) is 25.5 Å². The number of halogens is 2. The van der Waals surface area contributed by atoms with Gasteiger partial charge in [0.25, 0.3) is 0 Å². The second-order valence-corrected chi connectivity index (χ2v) is 4.76. The summed E-state index contributed by atoms with van der Waals surface area (Å²) in [4.78, 5) is 0. The Balaban J connectivity index is 2.33. The van der Waals surface area contributed by atoms with Gasteiger partial charge in [-0.1, -0.05) is 13.0 Å². The molecule has 0 saturated carbocycles. The lowest BCUT2D eigenvalue weighted by atomic mass is 10.1. The van der Waals surface area contributed by atoms with Gasteiger partial charge in [0, 0.05) is 23.4 Å². The Morgan fingerprint density at radius 1 is 1.14 bits per heavy atom. The van der Waals surface area contributed by atoms with Crippen LogP contribution in [-0.4, -0.2) is 6.61 Å². The summed E-state index contributed by atoms with van der Waals surface area (Å²) in [7, 11) is 0. The molecule has 0 radical (unpaired) electrons. The van der Waals surface area contributed by atoms with Crippen molar-refractivity contribution in [1.29, 1.82) is 0 Å². The summed E-state index contributed by atoms with van der Waals surface area (Å²) in [6.07, 6.45) is 0.773. The Labute approximate surface area is 122 Å². The summed E-state index contributed by atoms with van der Waals surface area (Å²) in [5.74, 6) is -0.701. The number of nitrogens with one attached hydrogen (secondary N) is 1. The van der Waals surface area contributed by atoms with E-state index in [1.54, 1.807) is 19.1 Å². The molecule has 0 aliphatic carbocycles. The van der Waals surface area contributed by atoms with Gasteiger partial charge in [0.1, 0.15) is 5.82 Å². The first-order chi connectivity index (χ1) is 10.0. The third-order valence-electron chi connectivity index (χ3n) is 3.10. The van der Waals surface area contributed by atoms with Gasteiger partial charge in [-0.3, -0.25) is 0 Å². The molecule has 2 aromatic carbocycles. The van der Waals surface area contributed by atoms with Crippen LogP contribution in [0.4, 0.5) is 25.8 Å². The van der Waals surface area contributed by atoms with Crippen LogP contribution in [0, 0.1) is 18.6 Å². The molecule has 0 amide bonds. The molecule has 0 unspecified atom stereocenters.